The van der Waals surface area contributed by atoms with E-state index in [4.69, 9.17) is 39.5 Å². The maximum atomic E-state index is 12.0. The molecule has 0 aliphatic rings. The van der Waals surface area contributed by atoms with E-state index in [2.05, 4.69) is 10.3 Å². The number of para-hydroxylation sites is 1. The maximum Gasteiger partial charge on any atom is 0.359 e. The van der Waals surface area contributed by atoms with Crippen LogP contribution in [-0.2, 0) is 9.53 Å². The van der Waals surface area contributed by atoms with Crippen LogP contribution < -0.4 is 5.32 Å². The largest absolute Gasteiger partial charge is 0.448 e. The third kappa shape index (κ3) is 4.34. The molecule has 1 aromatic heterocycles. The van der Waals surface area contributed by atoms with Crippen LogP contribution in [0.25, 0.3) is 0 Å². The van der Waals surface area contributed by atoms with Crippen molar-refractivity contribution in [2.75, 3.05) is 5.32 Å². The molecule has 1 N–H and O–H groups in total. The predicted octanol–water partition coefficient (Wildman–Crippen LogP) is 4.23. The van der Waals surface area contributed by atoms with Gasteiger partial charge in [-0.05, 0) is 19.1 Å². The molecule has 1 aromatic carbocycles. The number of nitrogens with zero attached hydrogens (tertiary/aromatic N) is 1. The highest BCUT2D eigenvalue weighted by Crippen LogP contribution is 2.31. The Bertz CT molecular complexity index is 738. The van der Waals surface area contributed by atoms with Crippen molar-refractivity contribution in [2.45, 2.75) is 13.0 Å². The topological polar surface area (TPSA) is 68.3 Å². The average Bonchev–Trinajstić information content (AvgIpc) is 2.53. The summed E-state index contributed by atoms with van der Waals surface area (Å²) in [6.45, 7) is 1.43. The molecule has 0 aliphatic heterocycles. The van der Waals surface area contributed by atoms with Crippen LogP contribution in [-0.4, -0.2) is 23.0 Å². The Balaban J connectivity index is 2.05. The number of carbonyl (C=O) groups is 2. The minimum Gasteiger partial charge on any atom is -0.448 e. The molecule has 0 spiro atoms. The molecule has 2 rings (SSSR count). The smallest absolute Gasteiger partial charge is 0.359 e. The number of benzene rings is 1. The van der Waals surface area contributed by atoms with Gasteiger partial charge in [-0.15, -0.1) is 0 Å². The second-order valence-corrected chi connectivity index (χ2v) is 5.65. The third-order valence-electron chi connectivity index (χ3n) is 2.81. The van der Waals surface area contributed by atoms with E-state index in [1.165, 1.54) is 13.1 Å². The average molecular weight is 374 g/mol. The molecule has 0 bridgehead atoms. The molecular weight excluding hydrogens is 363 g/mol. The van der Waals surface area contributed by atoms with Gasteiger partial charge in [0.15, 0.2) is 11.8 Å². The Morgan fingerprint density at radius 2 is 1.78 bits per heavy atom. The fourth-order valence-electron chi connectivity index (χ4n) is 1.62. The zero-order chi connectivity index (χ0) is 17.0. The second kappa shape index (κ2) is 7.64. The number of carbonyl (C=O) groups excluding carboxylic acids is 2. The molecule has 1 atom stereocenters. The van der Waals surface area contributed by atoms with Crippen molar-refractivity contribution in [3.05, 3.63) is 57.3 Å². The van der Waals surface area contributed by atoms with Gasteiger partial charge in [-0.3, -0.25) is 4.79 Å². The number of pyridine rings is 1. The van der Waals surface area contributed by atoms with Crippen LogP contribution in [0.3, 0.4) is 0 Å². The van der Waals surface area contributed by atoms with Gasteiger partial charge in [-0.1, -0.05) is 53.0 Å². The first-order chi connectivity index (χ1) is 10.9. The van der Waals surface area contributed by atoms with E-state index in [0.717, 1.165) is 0 Å². The Kier molecular flexibility index (Phi) is 5.82. The van der Waals surface area contributed by atoms with Gasteiger partial charge in [0, 0.05) is 11.9 Å². The minimum atomic E-state index is -1.05. The van der Waals surface area contributed by atoms with Crippen LogP contribution in [0, 0.1) is 0 Å². The van der Waals surface area contributed by atoms with E-state index in [1.807, 2.05) is 6.07 Å². The number of aromatic nitrogens is 1. The summed E-state index contributed by atoms with van der Waals surface area (Å²) in [5.74, 6) is -1.36. The molecule has 0 aliphatic carbocycles. The van der Waals surface area contributed by atoms with Gasteiger partial charge in [-0.25, -0.2) is 9.78 Å². The third-order valence-corrected chi connectivity index (χ3v) is 4.05. The lowest BCUT2D eigenvalue weighted by Gasteiger charge is -2.14. The summed E-state index contributed by atoms with van der Waals surface area (Å²) in [5, 5.41) is 2.60. The minimum absolute atomic E-state index is 0.00308. The van der Waals surface area contributed by atoms with Crippen molar-refractivity contribution in [1.82, 2.24) is 4.98 Å². The molecule has 8 heteroatoms. The normalized spacial score (nSPS) is 11.7. The maximum absolute atomic E-state index is 12.0. The van der Waals surface area contributed by atoms with Crippen LogP contribution in [0.1, 0.15) is 17.4 Å². The highest BCUT2D eigenvalue weighted by Gasteiger charge is 2.23. The summed E-state index contributed by atoms with van der Waals surface area (Å²) in [6, 6.07) is 8.78. The summed E-state index contributed by atoms with van der Waals surface area (Å²) in [4.78, 5) is 27.8. The summed E-state index contributed by atoms with van der Waals surface area (Å²) in [6.07, 6.45) is 0.135. The van der Waals surface area contributed by atoms with Crippen molar-refractivity contribution in [3.8, 4) is 0 Å². The molecule has 0 radical (unpaired) electrons. The molecular formula is C15H11Cl3N2O3. The Hall–Kier alpha value is -1.82. The number of amides is 1. The van der Waals surface area contributed by atoms with Gasteiger partial charge in [0.25, 0.3) is 5.91 Å². The Morgan fingerprint density at radius 3 is 2.43 bits per heavy atom. The number of hydrogen-bond acceptors (Lipinski definition) is 4. The lowest BCUT2D eigenvalue weighted by atomic mass is 10.3. The number of anilines is 1. The Labute approximate surface area is 147 Å². The number of hydrogen-bond donors (Lipinski definition) is 1. The molecule has 2 aromatic rings. The first kappa shape index (κ1) is 17.5. The van der Waals surface area contributed by atoms with E-state index >= 15 is 0 Å². The summed E-state index contributed by atoms with van der Waals surface area (Å²) < 4.78 is 5.05. The number of esters is 1. The molecule has 0 fully saturated rings. The predicted molar refractivity (Wildman–Crippen MR) is 89.2 cm³/mol. The number of ether oxygens (including phenoxy) is 1. The Morgan fingerprint density at radius 1 is 1.13 bits per heavy atom. The fraction of sp³-hybridized carbons (Fsp3) is 0.133. The van der Waals surface area contributed by atoms with E-state index in [-0.39, 0.29) is 20.8 Å². The number of nitrogens with one attached hydrogen (secondary N) is 1. The summed E-state index contributed by atoms with van der Waals surface area (Å²) in [7, 11) is 0. The molecule has 0 saturated heterocycles. The molecule has 1 unspecified atom stereocenters. The lowest BCUT2D eigenvalue weighted by Crippen LogP contribution is -2.30. The van der Waals surface area contributed by atoms with Crippen LogP contribution in [0.5, 0.6) is 0 Å². The van der Waals surface area contributed by atoms with E-state index in [9.17, 15) is 9.59 Å². The van der Waals surface area contributed by atoms with Crippen molar-refractivity contribution in [1.29, 1.82) is 0 Å². The van der Waals surface area contributed by atoms with Gasteiger partial charge in [0.1, 0.15) is 0 Å². The first-order valence-corrected chi connectivity index (χ1v) is 7.60. The van der Waals surface area contributed by atoms with E-state index in [1.54, 1.807) is 24.3 Å². The van der Waals surface area contributed by atoms with Crippen molar-refractivity contribution in [3.63, 3.8) is 0 Å². The molecule has 5 nitrogen and oxygen atoms in total. The molecule has 1 heterocycles. The SMILES string of the molecule is CC(OC(=O)c1ncc(Cl)c(Cl)c1Cl)C(=O)Nc1ccccc1. The van der Waals surface area contributed by atoms with Gasteiger partial charge < -0.3 is 10.1 Å². The van der Waals surface area contributed by atoms with E-state index in [0.29, 0.717) is 5.69 Å². The monoisotopic (exact) mass is 372 g/mol. The summed E-state index contributed by atoms with van der Waals surface area (Å²) in [5.41, 5.74) is 0.381. The standard InChI is InChI=1S/C15H11Cl3N2O3/c1-8(14(21)20-9-5-3-2-4-6-9)23-15(22)13-12(18)11(17)10(16)7-19-13/h2-8H,1H3,(H,20,21). The van der Waals surface area contributed by atoms with Gasteiger partial charge in [-0.2, -0.15) is 0 Å². The van der Waals surface area contributed by atoms with Gasteiger partial charge in [0.2, 0.25) is 0 Å². The van der Waals surface area contributed by atoms with Crippen LogP contribution in [0.4, 0.5) is 5.69 Å². The summed E-state index contributed by atoms with van der Waals surface area (Å²) >= 11 is 17.5. The van der Waals surface area contributed by atoms with Crippen molar-refractivity contribution >= 4 is 52.4 Å². The van der Waals surface area contributed by atoms with Crippen LogP contribution in [0.2, 0.25) is 15.1 Å². The zero-order valence-corrected chi connectivity index (χ0v) is 14.1. The second-order valence-electron chi connectivity index (χ2n) is 4.49. The quantitative estimate of drug-likeness (QED) is 0.815. The zero-order valence-electron chi connectivity index (χ0n) is 11.8. The number of rotatable bonds is 4. The first-order valence-electron chi connectivity index (χ1n) is 6.46. The number of halogens is 3. The van der Waals surface area contributed by atoms with E-state index < -0.39 is 18.0 Å². The molecule has 0 saturated carbocycles. The molecule has 1 amide bonds. The lowest BCUT2D eigenvalue weighted by molar-refractivity contribution is -0.123. The van der Waals surface area contributed by atoms with Crippen LogP contribution >= 0.6 is 34.8 Å². The molecule has 23 heavy (non-hydrogen) atoms. The molecule has 120 valence electrons. The highest BCUT2D eigenvalue weighted by atomic mass is 35.5. The van der Waals surface area contributed by atoms with Gasteiger partial charge >= 0.3 is 5.97 Å². The fourth-order valence-corrected chi connectivity index (χ4v) is 2.18. The van der Waals surface area contributed by atoms with Gasteiger partial charge in [0.05, 0.1) is 15.1 Å². The van der Waals surface area contributed by atoms with Crippen molar-refractivity contribution < 1.29 is 14.3 Å². The highest BCUT2D eigenvalue weighted by molar-refractivity contribution is 6.48. The van der Waals surface area contributed by atoms with Crippen LogP contribution in [0.15, 0.2) is 36.5 Å². The van der Waals surface area contributed by atoms with Crippen molar-refractivity contribution in [2.24, 2.45) is 0 Å².